The maximum absolute atomic E-state index is 14.5. The van der Waals surface area contributed by atoms with Crippen molar-refractivity contribution in [1.29, 1.82) is 0 Å². The lowest BCUT2D eigenvalue weighted by Gasteiger charge is -2.22. The molecule has 0 fully saturated rings. The molecule has 0 atom stereocenters. The molecule has 0 N–H and O–H groups in total. The first-order chi connectivity index (χ1) is 16.9. The van der Waals surface area contributed by atoms with E-state index in [1.165, 1.54) is 13.2 Å². The Kier molecular flexibility index (Phi) is 5.73. The van der Waals surface area contributed by atoms with Gasteiger partial charge in [0.05, 0.1) is 23.9 Å². The van der Waals surface area contributed by atoms with Crippen LogP contribution in [0.1, 0.15) is 30.7 Å². The number of carbonyl (C=O) groups is 1. The predicted molar refractivity (Wildman–Crippen MR) is 132 cm³/mol. The molecule has 0 bridgehead atoms. The Balaban J connectivity index is 1.42. The van der Waals surface area contributed by atoms with Crippen molar-refractivity contribution >= 4 is 28.0 Å². The fraction of sp³-hybridized carbons (Fsp3) is 0.172. The number of rotatable bonds is 6. The fourth-order valence-electron chi connectivity index (χ4n) is 4.38. The SMILES string of the molecule is COc1ccc(C2=C(c3ccc(OCc4ccc5ccccc5n4)cc3)C(=O)OC2(C)C)cc1F. The highest BCUT2D eigenvalue weighted by Gasteiger charge is 2.41. The topological polar surface area (TPSA) is 57.7 Å². The Hall–Kier alpha value is -4.19. The monoisotopic (exact) mass is 469 g/mol. The Morgan fingerprint density at radius 2 is 1.69 bits per heavy atom. The lowest BCUT2D eigenvalue weighted by Crippen LogP contribution is -2.22. The summed E-state index contributed by atoms with van der Waals surface area (Å²) in [7, 11) is 1.41. The summed E-state index contributed by atoms with van der Waals surface area (Å²) in [5.74, 6) is -0.165. The number of methoxy groups -OCH3 is 1. The van der Waals surface area contributed by atoms with E-state index in [1.807, 2.05) is 36.4 Å². The normalized spacial score (nSPS) is 14.8. The Morgan fingerprint density at radius 1 is 0.943 bits per heavy atom. The third-order valence-electron chi connectivity index (χ3n) is 6.03. The number of halogens is 1. The molecule has 176 valence electrons. The third kappa shape index (κ3) is 4.35. The molecular weight excluding hydrogens is 445 g/mol. The number of cyclic esters (lactones) is 1. The van der Waals surface area contributed by atoms with E-state index in [9.17, 15) is 9.18 Å². The average Bonchev–Trinajstić information content (AvgIpc) is 3.10. The molecule has 5 nitrogen and oxygen atoms in total. The van der Waals surface area contributed by atoms with Gasteiger partial charge in [-0.1, -0.05) is 42.5 Å². The number of nitrogens with zero attached hydrogens (tertiary/aromatic N) is 1. The van der Waals surface area contributed by atoms with E-state index in [4.69, 9.17) is 14.2 Å². The van der Waals surface area contributed by atoms with E-state index in [2.05, 4.69) is 4.98 Å². The molecule has 6 heteroatoms. The summed E-state index contributed by atoms with van der Waals surface area (Å²) in [6.07, 6.45) is 0. The van der Waals surface area contributed by atoms with Crippen molar-refractivity contribution in [1.82, 2.24) is 4.98 Å². The predicted octanol–water partition coefficient (Wildman–Crippen LogP) is 6.21. The zero-order chi connectivity index (χ0) is 24.6. The summed E-state index contributed by atoms with van der Waals surface area (Å²) >= 11 is 0. The smallest absolute Gasteiger partial charge is 0.340 e. The summed E-state index contributed by atoms with van der Waals surface area (Å²) in [6, 6.07) is 23.7. The van der Waals surface area contributed by atoms with Gasteiger partial charge >= 0.3 is 5.97 Å². The molecule has 0 unspecified atom stereocenters. The van der Waals surface area contributed by atoms with Gasteiger partial charge in [0.15, 0.2) is 11.6 Å². The summed E-state index contributed by atoms with van der Waals surface area (Å²) in [6.45, 7) is 3.91. The largest absolute Gasteiger partial charge is 0.494 e. The number of fused-ring (bicyclic) bond motifs is 1. The van der Waals surface area contributed by atoms with Gasteiger partial charge in [0.1, 0.15) is 18.0 Å². The maximum Gasteiger partial charge on any atom is 0.340 e. The van der Waals surface area contributed by atoms with Crippen LogP contribution in [0.15, 0.2) is 78.9 Å². The Bertz CT molecular complexity index is 1460. The number of ether oxygens (including phenoxy) is 3. The van der Waals surface area contributed by atoms with Gasteiger partial charge in [0, 0.05) is 11.0 Å². The molecular formula is C29H24FNO4. The molecule has 1 aliphatic heterocycles. The van der Waals surface area contributed by atoms with Crippen molar-refractivity contribution < 1.29 is 23.4 Å². The molecule has 0 aliphatic carbocycles. The molecule has 2 heterocycles. The summed E-state index contributed by atoms with van der Waals surface area (Å²) in [4.78, 5) is 17.5. The lowest BCUT2D eigenvalue weighted by molar-refractivity contribution is -0.141. The van der Waals surface area contributed by atoms with E-state index in [0.717, 1.165) is 16.6 Å². The van der Waals surface area contributed by atoms with E-state index in [-0.39, 0.29) is 5.75 Å². The minimum absolute atomic E-state index is 0.140. The van der Waals surface area contributed by atoms with Gasteiger partial charge in [0.2, 0.25) is 0 Å². The zero-order valence-electron chi connectivity index (χ0n) is 19.7. The van der Waals surface area contributed by atoms with Crippen LogP contribution in [0.2, 0.25) is 0 Å². The standard InChI is InChI=1S/C29H24FNO4/c1-29(2)27(20-11-15-25(33-3)23(30)16-20)26(28(32)35-29)19-9-13-22(14-10-19)34-17-21-12-8-18-6-4-5-7-24(18)31-21/h4-16H,17H2,1-3H3. The summed E-state index contributed by atoms with van der Waals surface area (Å²) < 4.78 is 31.0. The van der Waals surface area contributed by atoms with E-state index >= 15 is 0 Å². The van der Waals surface area contributed by atoms with Gasteiger partial charge in [-0.2, -0.15) is 0 Å². The van der Waals surface area contributed by atoms with Crippen molar-refractivity contribution in [2.45, 2.75) is 26.1 Å². The van der Waals surface area contributed by atoms with E-state index in [1.54, 1.807) is 50.2 Å². The van der Waals surface area contributed by atoms with Gasteiger partial charge in [-0.15, -0.1) is 0 Å². The second-order valence-electron chi connectivity index (χ2n) is 8.81. The quantitative estimate of drug-likeness (QED) is 0.314. The van der Waals surface area contributed by atoms with Crippen LogP contribution in [0.3, 0.4) is 0 Å². The molecule has 4 aromatic rings. The molecule has 0 radical (unpaired) electrons. The lowest BCUT2D eigenvalue weighted by atomic mass is 9.87. The second kappa shape index (κ2) is 8.87. The highest BCUT2D eigenvalue weighted by Crippen LogP contribution is 2.44. The Labute approximate surface area is 202 Å². The Morgan fingerprint density at radius 3 is 2.43 bits per heavy atom. The van der Waals surface area contributed by atoms with Crippen molar-refractivity contribution in [3.8, 4) is 11.5 Å². The first-order valence-corrected chi connectivity index (χ1v) is 11.3. The van der Waals surface area contributed by atoms with Crippen LogP contribution >= 0.6 is 0 Å². The number of hydrogen-bond acceptors (Lipinski definition) is 5. The number of benzene rings is 3. The molecule has 35 heavy (non-hydrogen) atoms. The van der Waals surface area contributed by atoms with E-state index < -0.39 is 17.4 Å². The third-order valence-corrected chi connectivity index (χ3v) is 6.03. The zero-order valence-corrected chi connectivity index (χ0v) is 19.7. The number of pyridine rings is 1. The van der Waals surface area contributed by atoms with Gasteiger partial charge < -0.3 is 14.2 Å². The summed E-state index contributed by atoms with van der Waals surface area (Å²) in [5.41, 5.74) is 3.09. The van der Waals surface area contributed by atoms with Gasteiger partial charge in [0.25, 0.3) is 0 Å². The molecule has 0 saturated carbocycles. The van der Waals surface area contributed by atoms with Gasteiger partial charge in [-0.3, -0.25) is 0 Å². The van der Waals surface area contributed by atoms with Crippen LogP contribution in [0.25, 0.3) is 22.0 Å². The molecule has 0 saturated heterocycles. The number of aromatic nitrogens is 1. The molecule has 0 spiro atoms. The second-order valence-corrected chi connectivity index (χ2v) is 8.81. The highest BCUT2D eigenvalue weighted by molar-refractivity contribution is 6.28. The molecule has 5 rings (SSSR count). The average molecular weight is 470 g/mol. The van der Waals surface area contributed by atoms with E-state index in [0.29, 0.717) is 34.6 Å². The molecule has 1 aromatic heterocycles. The van der Waals surface area contributed by atoms with Crippen LogP contribution < -0.4 is 9.47 Å². The van der Waals surface area contributed by atoms with Crippen molar-refractivity contribution in [2.24, 2.45) is 0 Å². The number of hydrogen-bond donors (Lipinski definition) is 0. The van der Waals surface area contributed by atoms with Gasteiger partial charge in [-0.05, 0) is 61.4 Å². The van der Waals surface area contributed by atoms with Crippen LogP contribution in [-0.4, -0.2) is 23.7 Å². The first kappa shape index (κ1) is 22.6. The first-order valence-electron chi connectivity index (χ1n) is 11.3. The maximum atomic E-state index is 14.5. The molecule has 3 aromatic carbocycles. The molecule has 1 aliphatic rings. The van der Waals surface area contributed by atoms with Crippen LogP contribution in [0.5, 0.6) is 11.5 Å². The number of para-hydroxylation sites is 1. The highest BCUT2D eigenvalue weighted by atomic mass is 19.1. The van der Waals surface area contributed by atoms with Gasteiger partial charge in [-0.25, -0.2) is 14.2 Å². The minimum Gasteiger partial charge on any atom is -0.494 e. The molecule has 0 amide bonds. The fourth-order valence-corrected chi connectivity index (χ4v) is 4.38. The van der Waals surface area contributed by atoms with Crippen molar-refractivity contribution in [3.63, 3.8) is 0 Å². The number of esters is 1. The van der Waals surface area contributed by atoms with Crippen molar-refractivity contribution in [2.75, 3.05) is 7.11 Å². The summed E-state index contributed by atoms with van der Waals surface area (Å²) in [5, 5.41) is 1.08. The number of carbonyl (C=O) groups excluding carboxylic acids is 1. The van der Waals surface area contributed by atoms with Crippen LogP contribution in [0.4, 0.5) is 4.39 Å². The van der Waals surface area contributed by atoms with Crippen molar-refractivity contribution in [3.05, 3.63) is 102 Å². The van der Waals surface area contributed by atoms with Crippen LogP contribution in [-0.2, 0) is 16.1 Å². The minimum atomic E-state index is -0.912. The van der Waals surface area contributed by atoms with Crippen LogP contribution in [0, 0.1) is 5.82 Å².